The van der Waals surface area contributed by atoms with E-state index in [9.17, 15) is 53.0 Å². The normalized spacial score (nSPS) is 37.3. The van der Waals surface area contributed by atoms with Crippen LogP contribution < -0.4 is 55.0 Å². The van der Waals surface area contributed by atoms with Gasteiger partial charge in [0.2, 0.25) is 0 Å². The van der Waals surface area contributed by atoms with Gasteiger partial charge in [0.1, 0.15) is 78.9 Å². The number of aliphatic hydroxyl groups is 1. The number of aliphatic hydroxyl groups excluding tert-OH is 1. The van der Waals surface area contributed by atoms with Gasteiger partial charge in [-0.25, -0.2) is 19.2 Å². The summed E-state index contributed by atoms with van der Waals surface area (Å²) in [6.07, 6.45) is -13.9. The summed E-state index contributed by atoms with van der Waals surface area (Å²) in [6.45, 7) is -4.92. The highest BCUT2D eigenvalue weighted by atomic mass is 32.7. The van der Waals surface area contributed by atoms with Gasteiger partial charge >= 0.3 is 22.8 Å². The lowest BCUT2D eigenvalue weighted by Crippen LogP contribution is -2.52. The smallest absolute Gasteiger partial charge is 0.351 e. The highest BCUT2D eigenvalue weighted by Gasteiger charge is 2.71. The summed E-state index contributed by atoms with van der Waals surface area (Å²) in [6, 6.07) is 0. The van der Waals surface area contributed by atoms with Crippen molar-refractivity contribution in [3.05, 3.63) is 120 Å². The van der Waals surface area contributed by atoms with Crippen molar-refractivity contribution >= 4 is 61.9 Å². The monoisotopic (exact) mass is 1320 g/mol. The number of nitrogens with zero attached hydrogens (tertiary/aromatic N) is 5. The maximum Gasteiger partial charge on any atom is 0.351 e. The van der Waals surface area contributed by atoms with Crippen molar-refractivity contribution in [3.8, 4) is 0 Å². The number of fused-ring (bicyclic) bond motifs is 6. The number of nitrogens with two attached hydrogens (primary N) is 1. The van der Waals surface area contributed by atoms with Gasteiger partial charge in [0.15, 0.2) is 25.5 Å². The SMILES string of the molecule is CC[C@H]1O[C@@H](n2cc(C)c(N)nc2=O)CC1OP([O-])(=S)OC[C@]12O[C@@H](n3cc(C)c(=O)[nH]c3=O)[C@@H](O[C@H]1C)C2OP(=O)([S-])OC[C@]12O[C@@H](n3cc(C)c(=O)[nH]c3=O)[C@@H](O[C@H]1C)C2OP([O-])(=S)OC[C@]12O[C@@H](n3cc(C)c(=O)[nH]c3=O)[C@@H](O[C@H]1C)C2O. The molecule has 0 aromatic carbocycles. The first-order chi connectivity index (χ1) is 40.2. The third kappa shape index (κ3) is 11.0. The highest BCUT2D eigenvalue weighted by molar-refractivity contribution is 8.32. The van der Waals surface area contributed by atoms with Crippen LogP contribution in [0.3, 0.4) is 0 Å². The van der Waals surface area contributed by atoms with Crippen LogP contribution in [0.25, 0.3) is 0 Å². The molecule has 11 heterocycles. The Balaban J connectivity index is 0.861. The van der Waals surface area contributed by atoms with E-state index in [1.165, 1.54) is 70.9 Å². The van der Waals surface area contributed by atoms with Crippen LogP contribution in [0.2, 0.25) is 0 Å². The van der Waals surface area contributed by atoms with Gasteiger partial charge in [0.25, 0.3) is 16.7 Å². The van der Waals surface area contributed by atoms with E-state index in [1.54, 1.807) is 13.8 Å². The van der Waals surface area contributed by atoms with Gasteiger partial charge in [-0.05, 0) is 54.9 Å². The summed E-state index contributed by atoms with van der Waals surface area (Å²) in [7, 11) is 0. The Hall–Kier alpha value is -4.04. The summed E-state index contributed by atoms with van der Waals surface area (Å²) in [5.74, 6) is 0.0272. The van der Waals surface area contributed by atoms with Gasteiger partial charge in [-0.1, -0.05) is 30.5 Å². The first-order valence-corrected chi connectivity index (χ1v) is 34.5. The van der Waals surface area contributed by atoms with E-state index in [2.05, 4.69) is 19.9 Å². The molecule has 0 amide bonds. The van der Waals surface area contributed by atoms with Crippen molar-refractivity contribution in [2.75, 3.05) is 25.6 Å². The molecule has 21 atom stereocenters. The van der Waals surface area contributed by atoms with E-state index in [-0.39, 0.29) is 28.9 Å². The zero-order valence-electron chi connectivity index (χ0n) is 46.7. The predicted molar refractivity (Wildman–Crippen MR) is 298 cm³/mol. The average molecular weight is 1320 g/mol. The van der Waals surface area contributed by atoms with Crippen LogP contribution in [0, 0.1) is 27.7 Å². The minimum absolute atomic E-state index is 0.0272. The van der Waals surface area contributed by atoms with Gasteiger partial charge in [-0.15, -0.1) is 0 Å². The number of ether oxygens (including phenoxy) is 7. The second kappa shape index (κ2) is 22.7. The second-order valence-electron chi connectivity index (χ2n) is 22.1. The molecule has 6 N–H and O–H groups in total. The zero-order chi connectivity index (χ0) is 62.3. The maximum absolute atomic E-state index is 15.0. The number of aromatic nitrogens is 8. The van der Waals surface area contributed by atoms with E-state index in [0.717, 1.165) is 13.7 Å². The maximum atomic E-state index is 15.0. The number of anilines is 1. The van der Waals surface area contributed by atoms with Gasteiger partial charge in [-0.2, -0.15) is 4.98 Å². The minimum Gasteiger partial charge on any atom is -0.780 e. The second-order valence-corrected chi connectivity index (χ2v) is 30.2. The summed E-state index contributed by atoms with van der Waals surface area (Å²) in [5.41, 5.74) is -4.97. The number of hydrogen-bond acceptors (Lipinski definition) is 29. The average Bonchev–Trinajstić information content (AvgIpc) is 1.58. The van der Waals surface area contributed by atoms with E-state index in [0.29, 0.717) is 12.0 Å². The largest absolute Gasteiger partial charge is 0.780 e. The Bertz CT molecular complexity index is 3980. The van der Waals surface area contributed by atoms with Crippen molar-refractivity contribution in [1.82, 2.24) is 38.2 Å². The number of H-pyrrole nitrogens is 3. The van der Waals surface area contributed by atoms with Crippen molar-refractivity contribution in [2.45, 2.75) is 177 Å². The number of hydrogen-bond donors (Lipinski definition) is 5. The van der Waals surface area contributed by atoms with Gasteiger partial charge in [0.05, 0.1) is 50.3 Å². The summed E-state index contributed by atoms with van der Waals surface area (Å²) in [4.78, 5) is 129. The van der Waals surface area contributed by atoms with E-state index in [1.807, 2.05) is 0 Å². The summed E-state index contributed by atoms with van der Waals surface area (Å²) in [5, 5.41) is 11.6. The summed E-state index contributed by atoms with van der Waals surface area (Å²) >= 11 is 16.5. The molecule has 0 aliphatic carbocycles. The van der Waals surface area contributed by atoms with Gasteiger partial charge < -0.3 is 93.2 Å². The Morgan fingerprint density at radius 1 is 0.651 bits per heavy atom. The molecule has 0 radical (unpaired) electrons. The molecule has 7 aliphatic rings. The Kier molecular flexibility index (Phi) is 16.8. The molecule has 11 rings (SSSR count). The van der Waals surface area contributed by atoms with Crippen LogP contribution in [0.5, 0.6) is 0 Å². The fourth-order valence-electron chi connectivity index (χ4n) is 12.0. The first kappa shape index (κ1) is 63.5. The summed E-state index contributed by atoms with van der Waals surface area (Å²) < 4.78 is 99.2. The molecule has 4 aromatic rings. The molecule has 472 valence electrons. The van der Waals surface area contributed by atoms with Gasteiger partial charge in [-0.3, -0.25) is 52.2 Å². The lowest BCUT2D eigenvalue weighted by Gasteiger charge is -2.42. The molecule has 86 heavy (non-hydrogen) atoms. The van der Waals surface area contributed by atoms with Crippen LogP contribution in [0.1, 0.15) is 87.7 Å². The lowest BCUT2D eigenvalue weighted by atomic mass is 9.94. The third-order valence-corrected chi connectivity index (χ3v) is 21.4. The topological polar surface area (TPSA) is 429 Å². The predicted octanol–water partition coefficient (Wildman–Crippen LogP) is -2.04. The first-order valence-electron chi connectivity index (χ1n) is 26.8. The molecular weight excluding hydrogens is 1260 g/mol. The van der Waals surface area contributed by atoms with E-state index >= 15 is 0 Å². The van der Waals surface area contributed by atoms with Crippen LogP contribution in [0.15, 0.2) is 58.3 Å². The Morgan fingerprint density at radius 3 is 1.56 bits per heavy atom. The molecule has 6 bridgehead atoms. The third-order valence-electron chi connectivity index (χ3n) is 16.8. The zero-order valence-corrected chi connectivity index (χ0v) is 51.9. The van der Waals surface area contributed by atoms with E-state index in [4.69, 9.17) is 102 Å². The van der Waals surface area contributed by atoms with Gasteiger partial charge in [0, 0.05) is 53.5 Å². The molecule has 7 saturated heterocycles. The molecule has 4 aromatic heterocycles. The Labute approximate surface area is 500 Å². The molecule has 7 unspecified atom stereocenters. The molecular formula is C47H59N9O24P3S3-3. The van der Waals surface area contributed by atoms with Crippen molar-refractivity contribution in [2.24, 2.45) is 0 Å². The fraction of sp³-hybridized carbons (Fsp3) is 0.660. The molecule has 33 nitrogen and oxygen atoms in total. The van der Waals surface area contributed by atoms with Crippen molar-refractivity contribution in [3.63, 3.8) is 0 Å². The number of aryl methyl sites for hydroxylation is 4. The fourth-order valence-corrected chi connectivity index (χ4v) is 16.3. The molecule has 39 heteroatoms. The molecule has 7 fully saturated rings. The van der Waals surface area contributed by atoms with Crippen molar-refractivity contribution < 1.29 is 79.8 Å². The van der Waals surface area contributed by atoms with E-state index < -0.39 is 188 Å². The molecule has 7 aliphatic heterocycles. The lowest BCUT2D eigenvalue weighted by molar-refractivity contribution is -0.240. The number of aromatic amines is 3. The number of rotatable bonds is 20. The van der Waals surface area contributed by atoms with Crippen LogP contribution in [-0.2, 0) is 101 Å². The van der Waals surface area contributed by atoms with Crippen LogP contribution in [0.4, 0.5) is 5.82 Å². The molecule has 0 saturated carbocycles. The molecule has 0 spiro atoms. The van der Waals surface area contributed by atoms with Crippen molar-refractivity contribution in [1.29, 1.82) is 0 Å². The number of nitrogens with one attached hydrogen (secondary N) is 3. The van der Waals surface area contributed by atoms with Crippen LogP contribution >= 0.6 is 20.2 Å². The Morgan fingerprint density at radius 2 is 1.06 bits per heavy atom. The number of nitrogen functional groups attached to an aromatic ring is 1. The van der Waals surface area contributed by atoms with Crippen LogP contribution in [-0.4, -0.2) is 147 Å². The minimum atomic E-state index is -5.04. The quantitative estimate of drug-likeness (QED) is 0.0470. The standard InChI is InChI=1S/C47H62N9O24P3S3/c1-9-25-26(10-27(74-25)53-11-18(2)34(48)49-41(53)61)78-81(65,84)69-16-46-23(7)72-29(39(76-46)55-13-20(4)36(59)51-43(55)63)32(46)80-83(67,86)70-17-47-24(8)73-30(40(77-47)56-14-21(5)37(60)52-44(56)64)33(47)79-82(66,85)68-15-45-22(6)71-28(31(45)57)38(75-45)54-12-19(3)35(58)50-42(54)62/h11-14,22-33,38-40,57H,9-10,15-17H2,1-8H3,(H,65,84)(H,66,85)(H,67,86)(H2,48,49,61)(H,50,58,62)(H,51,59,63)(H,52,60,64)/p-3/t22-,23-,24-,25+,26?,27+,28-,29-,30-,31?,32?,33?,38+,39+,40+,45-,46-,47-,81?,82?,83?/m0/s1. The highest BCUT2D eigenvalue weighted by Crippen LogP contribution is 2.62.